The first-order valence-electron chi connectivity index (χ1n) is 7.98. The van der Waals surface area contributed by atoms with Gasteiger partial charge in [0.05, 0.1) is 23.2 Å². The maximum atomic E-state index is 12.4. The number of amides is 1. The molecule has 0 aromatic carbocycles. The van der Waals surface area contributed by atoms with Crippen LogP contribution in [0.1, 0.15) is 49.2 Å². The Morgan fingerprint density at radius 3 is 2.95 bits per heavy atom. The van der Waals surface area contributed by atoms with E-state index in [1.165, 1.54) is 4.88 Å². The summed E-state index contributed by atoms with van der Waals surface area (Å²) in [6.07, 6.45) is 3.06. The zero-order valence-corrected chi connectivity index (χ0v) is 14.4. The molecule has 21 heavy (non-hydrogen) atoms. The van der Waals surface area contributed by atoms with Gasteiger partial charge in [-0.1, -0.05) is 6.92 Å². The van der Waals surface area contributed by atoms with Crippen molar-refractivity contribution in [2.75, 3.05) is 13.1 Å². The molecule has 1 fully saturated rings. The summed E-state index contributed by atoms with van der Waals surface area (Å²) in [6, 6.07) is 0.524. The largest absolute Gasteiger partial charge is 0.351 e. The van der Waals surface area contributed by atoms with Crippen molar-refractivity contribution in [2.24, 2.45) is 5.92 Å². The number of nitrogens with one attached hydrogen (secondary N) is 1. The number of aromatic nitrogens is 1. The van der Waals surface area contributed by atoms with Gasteiger partial charge in [0.2, 0.25) is 5.91 Å². The van der Waals surface area contributed by atoms with E-state index >= 15 is 0 Å². The van der Waals surface area contributed by atoms with Crippen LogP contribution in [0.4, 0.5) is 0 Å². The van der Waals surface area contributed by atoms with Gasteiger partial charge in [0.15, 0.2) is 0 Å². The monoisotopic (exact) mass is 309 g/mol. The predicted molar refractivity (Wildman–Crippen MR) is 87.5 cm³/mol. The van der Waals surface area contributed by atoms with Gasteiger partial charge in [-0.15, -0.1) is 11.3 Å². The third kappa shape index (κ3) is 4.27. The molecule has 2 heterocycles. The molecule has 1 amide bonds. The van der Waals surface area contributed by atoms with Crippen LogP contribution < -0.4 is 5.32 Å². The number of carbonyl (C=O) groups is 1. The molecule has 1 aromatic heterocycles. The Kier molecular flexibility index (Phi) is 5.76. The molecule has 118 valence electrons. The molecule has 0 bridgehead atoms. The quantitative estimate of drug-likeness (QED) is 0.909. The first kappa shape index (κ1) is 16.4. The van der Waals surface area contributed by atoms with Crippen molar-refractivity contribution in [2.45, 2.75) is 59.5 Å². The lowest BCUT2D eigenvalue weighted by Crippen LogP contribution is -2.45. The lowest BCUT2D eigenvalue weighted by atomic mass is 9.96. The number of nitrogens with zero attached hydrogens (tertiary/aromatic N) is 2. The number of hydrogen-bond donors (Lipinski definition) is 1. The summed E-state index contributed by atoms with van der Waals surface area (Å²) < 4.78 is 0. The van der Waals surface area contributed by atoms with E-state index in [1.807, 2.05) is 6.92 Å². The van der Waals surface area contributed by atoms with Gasteiger partial charge in [0, 0.05) is 17.5 Å². The first-order valence-corrected chi connectivity index (χ1v) is 8.79. The number of likely N-dealkylation sites (tertiary alicyclic amines) is 1. The minimum Gasteiger partial charge on any atom is -0.351 e. The van der Waals surface area contributed by atoms with Gasteiger partial charge in [-0.2, -0.15) is 0 Å². The van der Waals surface area contributed by atoms with Crippen LogP contribution >= 0.6 is 11.3 Å². The Balaban J connectivity index is 1.89. The summed E-state index contributed by atoms with van der Waals surface area (Å²) in [5, 5.41) is 4.20. The SMILES string of the molecule is CCc1nc(C)sc1CNC(=O)[C@H]1CCCN(C(C)C)C1. The lowest BCUT2D eigenvalue weighted by Gasteiger charge is -2.34. The second-order valence-corrected chi connectivity index (χ2v) is 7.39. The number of carbonyl (C=O) groups excluding carboxylic acids is 1. The van der Waals surface area contributed by atoms with E-state index in [2.05, 4.69) is 36.0 Å². The Hall–Kier alpha value is -0.940. The zero-order chi connectivity index (χ0) is 15.4. The van der Waals surface area contributed by atoms with Crippen LogP contribution in [0.2, 0.25) is 0 Å². The third-order valence-electron chi connectivity index (χ3n) is 4.20. The molecule has 1 aliphatic heterocycles. The second-order valence-electron chi connectivity index (χ2n) is 6.10. The maximum Gasteiger partial charge on any atom is 0.224 e. The molecule has 0 aliphatic carbocycles. The molecule has 1 atom stereocenters. The average Bonchev–Trinajstić information content (AvgIpc) is 2.85. The van der Waals surface area contributed by atoms with Crippen molar-refractivity contribution in [1.29, 1.82) is 0 Å². The number of piperidine rings is 1. The molecule has 0 spiro atoms. The van der Waals surface area contributed by atoms with Gasteiger partial charge in [-0.05, 0) is 46.6 Å². The lowest BCUT2D eigenvalue weighted by molar-refractivity contribution is -0.127. The van der Waals surface area contributed by atoms with Crippen molar-refractivity contribution in [3.63, 3.8) is 0 Å². The predicted octanol–water partition coefficient (Wildman–Crippen LogP) is 2.75. The fourth-order valence-corrected chi connectivity index (χ4v) is 3.89. The van der Waals surface area contributed by atoms with Gasteiger partial charge in [0.1, 0.15) is 0 Å². The number of aryl methyl sites for hydroxylation is 2. The van der Waals surface area contributed by atoms with Crippen molar-refractivity contribution < 1.29 is 4.79 Å². The fraction of sp³-hybridized carbons (Fsp3) is 0.750. The normalized spacial score (nSPS) is 20.0. The van der Waals surface area contributed by atoms with Crippen LogP contribution in [0.15, 0.2) is 0 Å². The number of rotatable bonds is 5. The van der Waals surface area contributed by atoms with Crippen LogP contribution in [-0.2, 0) is 17.8 Å². The molecule has 1 saturated heterocycles. The van der Waals surface area contributed by atoms with Crippen LogP contribution in [-0.4, -0.2) is 34.9 Å². The Morgan fingerprint density at radius 1 is 1.52 bits per heavy atom. The third-order valence-corrected chi connectivity index (χ3v) is 5.21. The highest BCUT2D eigenvalue weighted by Gasteiger charge is 2.26. The summed E-state index contributed by atoms with van der Waals surface area (Å²) in [4.78, 5) is 20.5. The van der Waals surface area contributed by atoms with Crippen LogP contribution in [0.25, 0.3) is 0 Å². The highest BCUT2D eigenvalue weighted by atomic mass is 32.1. The van der Waals surface area contributed by atoms with E-state index < -0.39 is 0 Å². The molecule has 0 saturated carbocycles. The Labute approximate surface area is 132 Å². The van der Waals surface area contributed by atoms with Gasteiger partial charge in [0.25, 0.3) is 0 Å². The molecular formula is C16H27N3OS. The minimum absolute atomic E-state index is 0.139. The summed E-state index contributed by atoms with van der Waals surface area (Å²) in [6.45, 7) is 11.2. The highest BCUT2D eigenvalue weighted by Crippen LogP contribution is 2.21. The minimum atomic E-state index is 0.139. The van der Waals surface area contributed by atoms with Gasteiger partial charge in [-0.3, -0.25) is 4.79 Å². The van der Waals surface area contributed by atoms with Crippen LogP contribution in [0, 0.1) is 12.8 Å². The molecule has 4 nitrogen and oxygen atoms in total. The van der Waals surface area contributed by atoms with Gasteiger partial charge < -0.3 is 10.2 Å². The molecule has 1 N–H and O–H groups in total. The van der Waals surface area contributed by atoms with Gasteiger partial charge in [-0.25, -0.2) is 4.98 Å². The molecule has 0 unspecified atom stereocenters. The maximum absolute atomic E-state index is 12.4. The molecule has 1 aromatic rings. The molecule has 1 aliphatic rings. The highest BCUT2D eigenvalue weighted by molar-refractivity contribution is 7.11. The Bertz CT molecular complexity index is 484. The van der Waals surface area contributed by atoms with E-state index in [0.29, 0.717) is 12.6 Å². The molecule has 2 rings (SSSR count). The van der Waals surface area contributed by atoms with Gasteiger partial charge >= 0.3 is 0 Å². The average molecular weight is 309 g/mol. The van der Waals surface area contributed by atoms with Crippen LogP contribution in [0.3, 0.4) is 0 Å². The summed E-state index contributed by atoms with van der Waals surface area (Å²) in [5.74, 6) is 0.341. The van der Waals surface area contributed by atoms with Crippen molar-refractivity contribution in [3.8, 4) is 0 Å². The van der Waals surface area contributed by atoms with E-state index in [1.54, 1.807) is 11.3 Å². The Morgan fingerprint density at radius 2 is 2.29 bits per heavy atom. The van der Waals surface area contributed by atoms with E-state index in [9.17, 15) is 4.79 Å². The number of thiazole rings is 1. The smallest absolute Gasteiger partial charge is 0.224 e. The topological polar surface area (TPSA) is 45.2 Å². The van der Waals surface area contributed by atoms with E-state index in [-0.39, 0.29) is 11.8 Å². The standard InChI is InChI=1S/C16H27N3OS/c1-5-14-15(21-12(4)18-14)9-17-16(20)13-7-6-8-19(10-13)11(2)3/h11,13H,5-10H2,1-4H3,(H,17,20)/t13-/m0/s1. The van der Waals surface area contributed by atoms with Crippen LogP contribution in [0.5, 0.6) is 0 Å². The molecule has 0 radical (unpaired) electrons. The summed E-state index contributed by atoms with van der Waals surface area (Å²) >= 11 is 1.70. The van der Waals surface area contributed by atoms with Crippen molar-refractivity contribution in [3.05, 3.63) is 15.6 Å². The first-order chi connectivity index (χ1) is 10.0. The fourth-order valence-electron chi connectivity index (χ4n) is 2.93. The summed E-state index contributed by atoms with van der Waals surface area (Å²) in [5.41, 5.74) is 1.13. The number of hydrogen-bond acceptors (Lipinski definition) is 4. The second kappa shape index (κ2) is 7.36. The molecule has 5 heteroatoms. The van der Waals surface area contributed by atoms with Crippen molar-refractivity contribution in [1.82, 2.24) is 15.2 Å². The van der Waals surface area contributed by atoms with E-state index in [0.717, 1.165) is 43.1 Å². The van der Waals surface area contributed by atoms with Crippen molar-refractivity contribution >= 4 is 17.2 Å². The molecular weight excluding hydrogens is 282 g/mol. The zero-order valence-electron chi connectivity index (χ0n) is 13.6. The van der Waals surface area contributed by atoms with E-state index in [4.69, 9.17) is 0 Å². The summed E-state index contributed by atoms with van der Waals surface area (Å²) in [7, 11) is 0.